The van der Waals surface area contributed by atoms with Crippen molar-refractivity contribution in [2.45, 2.75) is 19.0 Å². The molecule has 1 aliphatic rings. The number of carbonyl (C=O) groups is 1. The number of nitrogen functional groups attached to an aromatic ring is 1. The lowest BCUT2D eigenvalue weighted by Gasteiger charge is -2.33. The third-order valence-electron chi connectivity index (χ3n) is 5.01. The smallest absolute Gasteiger partial charge is 0.334 e. The van der Waals surface area contributed by atoms with E-state index in [1.807, 2.05) is 24.3 Å². The number of fused-ring (bicyclic) bond motifs is 2. The number of nitrogens with zero attached hydrogens (tertiary/aromatic N) is 6. The maximum atomic E-state index is 13.4. The van der Waals surface area contributed by atoms with Crippen molar-refractivity contribution in [3.05, 3.63) is 65.6 Å². The molecule has 3 N–H and O–H groups in total. The number of imidazole rings is 1. The van der Waals surface area contributed by atoms with Gasteiger partial charge < -0.3 is 15.6 Å². The van der Waals surface area contributed by atoms with Gasteiger partial charge in [0.15, 0.2) is 0 Å². The summed E-state index contributed by atoms with van der Waals surface area (Å²) >= 11 is 0. The van der Waals surface area contributed by atoms with E-state index in [1.54, 1.807) is 17.0 Å². The summed E-state index contributed by atoms with van der Waals surface area (Å²) in [6, 6.07) is 8.01. The molecule has 0 unspecified atom stereocenters. The van der Waals surface area contributed by atoms with Gasteiger partial charge in [-0.15, -0.1) is 5.10 Å². The van der Waals surface area contributed by atoms with Crippen LogP contribution >= 0.6 is 0 Å². The molecule has 0 radical (unpaired) electrons. The highest BCUT2D eigenvalue weighted by Crippen LogP contribution is 2.34. The van der Waals surface area contributed by atoms with Crippen molar-refractivity contribution in [3.8, 4) is 0 Å². The van der Waals surface area contributed by atoms with E-state index in [0.29, 0.717) is 29.0 Å². The predicted octanol–water partition coefficient (Wildman–Crippen LogP) is 2.02. The van der Waals surface area contributed by atoms with Gasteiger partial charge in [0.2, 0.25) is 0 Å². The zero-order chi connectivity index (χ0) is 20.1. The highest BCUT2D eigenvalue weighted by Gasteiger charge is 2.38. The molecule has 0 fully saturated rings. The van der Waals surface area contributed by atoms with Crippen LogP contribution in [-0.2, 0) is 6.42 Å². The average Bonchev–Trinajstić information content (AvgIpc) is 3.43. The Kier molecular flexibility index (Phi) is 3.83. The minimum atomic E-state index is -2.98. The van der Waals surface area contributed by atoms with E-state index in [0.717, 1.165) is 17.3 Å². The number of hydrogen-bond acceptors (Lipinski definition) is 5. The molecule has 0 bridgehead atoms. The normalized spacial score (nSPS) is 16.5. The van der Waals surface area contributed by atoms with Crippen LogP contribution in [0.5, 0.6) is 0 Å². The first-order valence-electron chi connectivity index (χ1n) is 8.93. The Bertz CT molecular complexity index is 1180. The second-order valence-electron chi connectivity index (χ2n) is 6.73. The quantitative estimate of drug-likeness (QED) is 0.549. The van der Waals surface area contributed by atoms with Crippen LogP contribution in [0.15, 0.2) is 42.9 Å². The van der Waals surface area contributed by atoms with E-state index in [4.69, 9.17) is 5.73 Å². The Morgan fingerprint density at radius 3 is 2.93 bits per heavy atom. The molecule has 11 heteroatoms. The van der Waals surface area contributed by atoms with Crippen molar-refractivity contribution in [3.63, 3.8) is 0 Å². The van der Waals surface area contributed by atoms with E-state index < -0.39 is 18.5 Å². The summed E-state index contributed by atoms with van der Waals surface area (Å²) in [7, 11) is 0. The minimum Gasteiger partial charge on any atom is -0.382 e. The van der Waals surface area contributed by atoms with Crippen LogP contribution in [0.25, 0.3) is 5.52 Å². The number of halogens is 2. The number of nitrogens with two attached hydrogens (primary N) is 1. The first-order valence-corrected chi connectivity index (χ1v) is 8.93. The molecule has 1 atom stereocenters. The molecule has 5 heterocycles. The molecule has 9 nitrogen and oxygen atoms in total. The summed E-state index contributed by atoms with van der Waals surface area (Å²) in [4.78, 5) is 22.2. The monoisotopic (exact) mass is 398 g/mol. The molecule has 1 aliphatic heterocycles. The third kappa shape index (κ3) is 2.73. The number of aromatic amines is 1. The van der Waals surface area contributed by atoms with Crippen LogP contribution in [0.2, 0.25) is 0 Å². The number of anilines is 1. The van der Waals surface area contributed by atoms with Crippen molar-refractivity contribution in [2.24, 2.45) is 0 Å². The van der Waals surface area contributed by atoms with E-state index in [9.17, 15) is 13.6 Å². The van der Waals surface area contributed by atoms with Gasteiger partial charge >= 0.3 is 6.55 Å². The molecule has 1 amide bonds. The summed E-state index contributed by atoms with van der Waals surface area (Å²) in [6.45, 7) is -2.67. The largest absolute Gasteiger partial charge is 0.382 e. The van der Waals surface area contributed by atoms with Gasteiger partial charge in [-0.3, -0.25) is 4.79 Å². The number of pyridine rings is 1. The number of H-pyrrole nitrogens is 1. The van der Waals surface area contributed by atoms with Crippen LogP contribution in [0.4, 0.5) is 14.6 Å². The van der Waals surface area contributed by atoms with Crippen LogP contribution in [0, 0.1) is 0 Å². The first-order chi connectivity index (χ1) is 14.0. The molecule has 0 saturated heterocycles. The molecule has 0 aliphatic carbocycles. The van der Waals surface area contributed by atoms with Crippen molar-refractivity contribution in [1.29, 1.82) is 0 Å². The van der Waals surface area contributed by atoms with Gasteiger partial charge in [-0.1, -0.05) is 6.07 Å². The van der Waals surface area contributed by atoms with Crippen LogP contribution in [0.3, 0.4) is 0 Å². The fourth-order valence-corrected chi connectivity index (χ4v) is 3.76. The number of nitrogens with one attached hydrogen (secondary N) is 1. The lowest BCUT2D eigenvalue weighted by atomic mass is 9.99. The highest BCUT2D eigenvalue weighted by molar-refractivity contribution is 5.94. The van der Waals surface area contributed by atoms with Crippen molar-refractivity contribution in [1.82, 2.24) is 34.3 Å². The SMILES string of the molecule is Nc1cc(C(=O)N2CCc3[nH]cnc3[C@H]2c2cc3ccccn3n2)n(C(F)F)n1. The van der Waals surface area contributed by atoms with Crippen molar-refractivity contribution in [2.75, 3.05) is 12.3 Å². The Morgan fingerprint density at radius 2 is 2.14 bits per heavy atom. The van der Waals surface area contributed by atoms with Crippen LogP contribution < -0.4 is 5.73 Å². The number of alkyl halides is 2. The average molecular weight is 398 g/mol. The Morgan fingerprint density at radius 1 is 1.28 bits per heavy atom. The molecule has 29 heavy (non-hydrogen) atoms. The molecule has 4 aromatic rings. The lowest BCUT2D eigenvalue weighted by molar-refractivity contribution is 0.0443. The molecule has 148 valence electrons. The molecular formula is C18H16F2N8O. The van der Waals surface area contributed by atoms with Crippen LogP contribution in [-0.4, -0.2) is 46.7 Å². The molecule has 0 aromatic carbocycles. The molecule has 0 spiro atoms. The number of amides is 1. The van der Waals surface area contributed by atoms with Gasteiger partial charge in [0.25, 0.3) is 5.91 Å². The van der Waals surface area contributed by atoms with Gasteiger partial charge in [-0.2, -0.15) is 18.6 Å². The third-order valence-corrected chi connectivity index (χ3v) is 5.01. The number of rotatable bonds is 3. The Labute approximate surface area is 162 Å². The Balaban J connectivity index is 1.62. The molecule has 4 aromatic heterocycles. The maximum absolute atomic E-state index is 13.4. The summed E-state index contributed by atoms with van der Waals surface area (Å²) in [5, 5.41) is 8.13. The topological polar surface area (TPSA) is 110 Å². The summed E-state index contributed by atoms with van der Waals surface area (Å²) in [6.07, 6.45) is 3.87. The fraction of sp³-hybridized carbons (Fsp3) is 0.222. The fourth-order valence-electron chi connectivity index (χ4n) is 3.76. The number of aromatic nitrogens is 6. The zero-order valence-corrected chi connectivity index (χ0v) is 15.0. The van der Waals surface area contributed by atoms with E-state index in [1.165, 1.54) is 4.90 Å². The standard InChI is InChI=1S/C18H16F2N8O/c19-18(20)28-13(8-14(21)25-28)17(29)26-6-4-11-15(23-9-22-11)16(26)12-7-10-3-1-2-5-27(10)24-12/h1-3,5,7-9,16,18H,4,6H2,(H2,21,25)(H,22,23)/t16-/m1/s1. The van der Waals surface area contributed by atoms with E-state index in [-0.39, 0.29) is 11.5 Å². The molecular weight excluding hydrogens is 382 g/mol. The van der Waals surface area contributed by atoms with Gasteiger partial charge in [0.05, 0.1) is 23.2 Å². The second-order valence-corrected chi connectivity index (χ2v) is 6.73. The number of hydrogen-bond donors (Lipinski definition) is 2. The highest BCUT2D eigenvalue weighted by atomic mass is 19.3. The van der Waals surface area contributed by atoms with E-state index >= 15 is 0 Å². The second kappa shape index (κ2) is 6.40. The van der Waals surface area contributed by atoms with Gasteiger partial charge in [0, 0.05) is 30.9 Å². The maximum Gasteiger partial charge on any atom is 0.334 e. The van der Waals surface area contributed by atoms with Crippen LogP contribution in [0.1, 0.15) is 40.2 Å². The predicted molar refractivity (Wildman–Crippen MR) is 98.3 cm³/mol. The summed E-state index contributed by atoms with van der Waals surface area (Å²) < 4.78 is 28.8. The number of carbonyl (C=O) groups excluding carboxylic acids is 1. The summed E-state index contributed by atoms with van der Waals surface area (Å²) in [5.74, 6) is -0.749. The zero-order valence-electron chi connectivity index (χ0n) is 15.0. The van der Waals surface area contributed by atoms with Crippen molar-refractivity contribution < 1.29 is 13.6 Å². The lowest BCUT2D eigenvalue weighted by Crippen LogP contribution is -2.41. The Hall–Kier alpha value is -3.76. The van der Waals surface area contributed by atoms with Gasteiger partial charge in [-0.25, -0.2) is 9.50 Å². The minimum absolute atomic E-state index is 0.143. The first kappa shape index (κ1) is 17.3. The van der Waals surface area contributed by atoms with E-state index in [2.05, 4.69) is 20.2 Å². The van der Waals surface area contributed by atoms with Gasteiger partial charge in [0.1, 0.15) is 17.6 Å². The summed E-state index contributed by atoms with van der Waals surface area (Å²) in [5.41, 5.74) is 8.27. The van der Waals surface area contributed by atoms with Gasteiger partial charge in [-0.05, 0) is 18.2 Å². The molecule has 0 saturated carbocycles. The molecule has 5 rings (SSSR count). The van der Waals surface area contributed by atoms with Crippen molar-refractivity contribution >= 4 is 17.2 Å².